The first-order valence-corrected chi connectivity index (χ1v) is 4.14. The predicted molar refractivity (Wildman–Crippen MR) is 48.6 cm³/mol. The van der Waals surface area contributed by atoms with Crippen LogP contribution in [0.1, 0.15) is 31.7 Å². The smallest absolute Gasteiger partial charge is 0.147 e. The fraction of sp³-hybridized carbons (Fsp3) is 0.556. The quantitative estimate of drug-likeness (QED) is 0.720. The highest BCUT2D eigenvalue weighted by molar-refractivity contribution is 5.07. The van der Waals surface area contributed by atoms with E-state index in [4.69, 9.17) is 5.73 Å². The van der Waals surface area contributed by atoms with Crippen molar-refractivity contribution in [2.45, 2.75) is 32.7 Å². The van der Waals surface area contributed by atoms with Gasteiger partial charge in [-0.3, -0.25) is 0 Å². The van der Waals surface area contributed by atoms with Gasteiger partial charge in [0, 0.05) is 12.4 Å². The maximum atomic E-state index is 5.96. The second-order valence-electron chi connectivity index (χ2n) is 3.36. The summed E-state index contributed by atoms with van der Waals surface area (Å²) in [6.07, 6.45) is 4.43. The van der Waals surface area contributed by atoms with Gasteiger partial charge in [-0.1, -0.05) is 6.92 Å². The van der Waals surface area contributed by atoms with Crippen molar-refractivity contribution in [3.05, 3.63) is 23.8 Å². The Bertz CT molecular complexity index is 251. The van der Waals surface area contributed by atoms with Gasteiger partial charge in [-0.2, -0.15) is 0 Å². The summed E-state index contributed by atoms with van der Waals surface area (Å²) in [5.41, 5.74) is 6.63. The van der Waals surface area contributed by atoms with Gasteiger partial charge >= 0.3 is 0 Å². The van der Waals surface area contributed by atoms with E-state index in [0.717, 1.165) is 17.8 Å². The minimum Gasteiger partial charge on any atom is -0.319 e. The van der Waals surface area contributed by atoms with Crippen molar-refractivity contribution in [3.8, 4) is 0 Å². The van der Waals surface area contributed by atoms with Gasteiger partial charge in [0.1, 0.15) is 5.82 Å². The average molecular weight is 165 g/mol. The van der Waals surface area contributed by atoms with Crippen LogP contribution >= 0.6 is 0 Å². The summed E-state index contributed by atoms with van der Waals surface area (Å²) in [5.74, 6) is 0.718. The van der Waals surface area contributed by atoms with Gasteiger partial charge in [-0.05, 0) is 25.8 Å². The third-order valence-corrected chi connectivity index (χ3v) is 2.03. The molecule has 2 N–H and O–H groups in total. The molecule has 0 aliphatic carbocycles. The molecule has 0 spiro atoms. The molecule has 0 saturated heterocycles. The van der Waals surface area contributed by atoms with Gasteiger partial charge < -0.3 is 5.73 Å². The molecule has 1 atom stereocenters. The van der Waals surface area contributed by atoms with Crippen LogP contribution < -0.4 is 5.73 Å². The van der Waals surface area contributed by atoms with Crippen LogP contribution in [-0.2, 0) is 5.54 Å². The minimum absolute atomic E-state index is 0.395. The van der Waals surface area contributed by atoms with Crippen molar-refractivity contribution in [1.82, 2.24) is 9.97 Å². The van der Waals surface area contributed by atoms with E-state index in [0.29, 0.717) is 0 Å². The summed E-state index contributed by atoms with van der Waals surface area (Å²) in [7, 11) is 0. The fourth-order valence-electron chi connectivity index (χ4n) is 0.846. The second kappa shape index (κ2) is 3.19. The fourth-order valence-corrected chi connectivity index (χ4v) is 0.846. The Balaban J connectivity index is 2.96. The summed E-state index contributed by atoms with van der Waals surface area (Å²) >= 11 is 0. The number of nitrogens with two attached hydrogens (primary N) is 1. The first-order chi connectivity index (χ1) is 5.56. The molecule has 0 bridgehead atoms. The van der Waals surface area contributed by atoms with Crippen LogP contribution in [0.2, 0.25) is 0 Å². The van der Waals surface area contributed by atoms with Gasteiger partial charge in [-0.15, -0.1) is 0 Å². The predicted octanol–water partition coefficient (Wildman–Crippen LogP) is 1.37. The standard InChI is InChI=1S/C9H15N3/c1-4-9(3,10)8-11-5-7(2)6-12-8/h5-6H,4,10H2,1-3H3. The van der Waals surface area contributed by atoms with Gasteiger partial charge in [0.15, 0.2) is 0 Å². The van der Waals surface area contributed by atoms with E-state index in [1.807, 2.05) is 20.8 Å². The average Bonchev–Trinajstić information content (AvgIpc) is 2.05. The van der Waals surface area contributed by atoms with Crippen LogP contribution in [0.4, 0.5) is 0 Å². The van der Waals surface area contributed by atoms with Crippen LogP contribution in [0.15, 0.2) is 12.4 Å². The molecule has 0 amide bonds. The van der Waals surface area contributed by atoms with Gasteiger partial charge in [0.05, 0.1) is 5.54 Å². The highest BCUT2D eigenvalue weighted by Gasteiger charge is 2.21. The normalized spacial score (nSPS) is 15.7. The highest BCUT2D eigenvalue weighted by Crippen LogP contribution is 2.15. The first-order valence-electron chi connectivity index (χ1n) is 4.14. The lowest BCUT2D eigenvalue weighted by Crippen LogP contribution is -2.34. The van der Waals surface area contributed by atoms with E-state index < -0.39 is 5.54 Å². The van der Waals surface area contributed by atoms with Crippen LogP contribution in [0.5, 0.6) is 0 Å². The molecule has 12 heavy (non-hydrogen) atoms. The third kappa shape index (κ3) is 1.80. The van der Waals surface area contributed by atoms with E-state index >= 15 is 0 Å². The lowest BCUT2D eigenvalue weighted by atomic mass is 10.00. The van der Waals surface area contributed by atoms with Crippen molar-refractivity contribution in [2.75, 3.05) is 0 Å². The van der Waals surface area contributed by atoms with Crippen molar-refractivity contribution in [1.29, 1.82) is 0 Å². The van der Waals surface area contributed by atoms with Crippen LogP contribution in [0.3, 0.4) is 0 Å². The summed E-state index contributed by atoms with van der Waals surface area (Å²) in [6.45, 7) is 5.93. The number of hydrogen-bond acceptors (Lipinski definition) is 3. The number of aryl methyl sites for hydroxylation is 1. The zero-order chi connectivity index (χ0) is 9.19. The minimum atomic E-state index is -0.395. The number of hydrogen-bond donors (Lipinski definition) is 1. The Morgan fingerprint density at radius 1 is 1.42 bits per heavy atom. The van der Waals surface area contributed by atoms with E-state index in [-0.39, 0.29) is 0 Å². The van der Waals surface area contributed by atoms with Crippen LogP contribution in [-0.4, -0.2) is 9.97 Å². The summed E-state index contributed by atoms with van der Waals surface area (Å²) in [4.78, 5) is 8.37. The Hall–Kier alpha value is -0.960. The van der Waals surface area contributed by atoms with Gasteiger partial charge in [-0.25, -0.2) is 9.97 Å². The monoisotopic (exact) mass is 165 g/mol. The van der Waals surface area contributed by atoms with E-state index in [9.17, 15) is 0 Å². The molecule has 3 heteroatoms. The third-order valence-electron chi connectivity index (χ3n) is 2.03. The Labute approximate surface area is 73.0 Å². The van der Waals surface area contributed by atoms with Crippen molar-refractivity contribution in [3.63, 3.8) is 0 Å². The number of nitrogens with zero attached hydrogens (tertiary/aromatic N) is 2. The van der Waals surface area contributed by atoms with E-state index in [1.54, 1.807) is 12.4 Å². The molecule has 1 aromatic rings. The highest BCUT2D eigenvalue weighted by atomic mass is 14.9. The molecule has 0 aromatic carbocycles. The molecule has 0 aliphatic rings. The van der Waals surface area contributed by atoms with E-state index in [2.05, 4.69) is 9.97 Å². The molecular weight excluding hydrogens is 150 g/mol. The first kappa shape index (κ1) is 9.13. The van der Waals surface area contributed by atoms with Crippen LogP contribution in [0, 0.1) is 6.92 Å². The van der Waals surface area contributed by atoms with Gasteiger partial charge in [0.2, 0.25) is 0 Å². The second-order valence-corrected chi connectivity index (χ2v) is 3.36. The van der Waals surface area contributed by atoms with Crippen LogP contribution in [0.25, 0.3) is 0 Å². The molecule has 1 heterocycles. The summed E-state index contributed by atoms with van der Waals surface area (Å²) < 4.78 is 0. The molecule has 66 valence electrons. The zero-order valence-electron chi connectivity index (χ0n) is 7.83. The summed E-state index contributed by atoms with van der Waals surface area (Å²) in [5, 5.41) is 0. The Morgan fingerprint density at radius 2 is 1.92 bits per heavy atom. The number of rotatable bonds is 2. The Morgan fingerprint density at radius 3 is 2.33 bits per heavy atom. The maximum absolute atomic E-state index is 5.96. The SMILES string of the molecule is CCC(C)(N)c1ncc(C)cn1. The molecular formula is C9H15N3. The Kier molecular flexibility index (Phi) is 2.43. The maximum Gasteiger partial charge on any atom is 0.147 e. The van der Waals surface area contributed by atoms with E-state index in [1.165, 1.54) is 0 Å². The molecule has 0 aliphatic heterocycles. The topological polar surface area (TPSA) is 51.8 Å². The lowest BCUT2D eigenvalue weighted by Gasteiger charge is -2.20. The number of aromatic nitrogens is 2. The zero-order valence-corrected chi connectivity index (χ0v) is 7.83. The molecule has 1 unspecified atom stereocenters. The molecule has 0 radical (unpaired) electrons. The molecule has 3 nitrogen and oxygen atoms in total. The van der Waals surface area contributed by atoms with Gasteiger partial charge in [0.25, 0.3) is 0 Å². The lowest BCUT2D eigenvalue weighted by molar-refractivity contribution is 0.445. The van der Waals surface area contributed by atoms with Crippen molar-refractivity contribution < 1.29 is 0 Å². The molecule has 0 saturated carbocycles. The van der Waals surface area contributed by atoms with Crippen molar-refractivity contribution >= 4 is 0 Å². The molecule has 1 aromatic heterocycles. The largest absolute Gasteiger partial charge is 0.319 e. The van der Waals surface area contributed by atoms with Crippen molar-refractivity contribution in [2.24, 2.45) is 5.73 Å². The molecule has 0 fully saturated rings. The molecule has 1 rings (SSSR count). The summed E-state index contributed by atoms with van der Waals surface area (Å²) in [6, 6.07) is 0.